The fourth-order valence-corrected chi connectivity index (χ4v) is 5.91. The molecule has 0 spiro atoms. The zero-order valence-corrected chi connectivity index (χ0v) is 19.6. The minimum absolute atomic E-state index is 0.0968. The lowest BCUT2D eigenvalue weighted by Crippen LogP contribution is -2.54. The number of piperidine rings is 3. The normalized spacial score (nSPS) is 25.1. The first-order valence-corrected chi connectivity index (χ1v) is 12.4. The second-order valence-corrected chi connectivity index (χ2v) is 9.94. The van der Waals surface area contributed by atoms with E-state index in [1.165, 1.54) is 0 Å². The standard InChI is InChI=1S/C25H30N4O6/c30-20-5-4-19(22(31)26-20)29-23(32)18-3-1-2-16(21(18)24(29)33)14-27-10-8-17(9-11-27)28-12-6-15(7-13-28)25(34)35/h1-3,15,17,19H,4-14H2,(H,34,35)(H,26,30,31). The molecule has 5 rings (SSSR count). The van der Waals surface area contributed by atoms with Crippen molar-refractivity contribution in [1.29, 1.82) is 0 Å². The number of amides is 4. The zero-order chi connectivity index (χ0) is 24.7. The third kappa shape index (κ3) is 4.48. The molecule has 0 bridgehead atoms. The number of fused-ring (bicyclic) bond motifs is 1. The van der Waals surface area contributed by atoms with E-state index in [9.17, 15) is 29.1 Å². The van der Waals surface area contributed by atoms with Gasteiger partial charge in [-0.2, -0.15) is 0 Å². The van der Waals surface area contributed by atoms with Crippen molar-refractivity contribution in [3.8, 4) is 0 Å². The van der Waals surface area contributed by atoms with Gasteiger partial charge in [-0.05, 0) is 69.9 Å². The Hall–Kier alpha value is -3.11. The molecule has 2 N–H and O–H groups in total. The zero-order valence-electron chi connectivity index (χ0n) is 19.6. The van der Waals surface area contributed by atoms with Crippen molar-refractivity contribution in [3.05, 3.63) is 34.9 Å². The average Bonchev–Trinajstić information content (AvgIpc) is 3.10. The molecule has 1 unspecified atom stereocenters. The number of imide groups is 2. The molecule has 4 aliphatic rings. The molecule has 1 aromatic rings. The maximum absolute atomic E-state index is 13.3. The molecule has 0 radical (unpaired) electrons. The summed E-state index contributed by atoms with van der Waals surface area (Å²) in [5.74, 6) is -2.87. The number of carbonyl (C=O) groups is 5. The first-order valence-electron chi connectivity index (χ1n) is 12.4. The van der Waals surface area contributed by atoms with Crippen LogP contribution < -0.4 is 5.32 Å². The summed E-state index contributed by atoms with van der Waals surface area (Å²) in [5.41, 5.74) is 1.45. The van der Waals surface area contributed by atoms with Crippen LogP contribution in [0, 0.1) is 5.92 Å². The van der Waals surface area contributed by atoms with Crippen molar-refractivity contribution in [1.82, 2.24) is 20.0 Å². The third-order valence-electron chi connectivity index (χ3n) is 7.90. The van der Waals surface area contributed by atoms with Crippen LogP contribution in [0.25, 0.3) is 0 Å². The molecule has 4 aliphatic heterocycles. The van der Waals surface area contributed by atoms with Crippen LogP contribution >= 0.6 is 0 Å². The summed E-state index contributed by atoms with van der Waals surface area (Å²) in [6, 6.07) is 4.73. The SMILES string of the molecule is O=C1CCC(N2C(=O)c3cccc(CN4CCC(N5CCC(C(=O)O)CC5)CC4)c3C2=O)C(=O)N1. The van der Waals surface area contributed by atoms with E-state index in [0.29, 0.717) is 36.6 Å². The van der Waals surface area contributed by atoms with Gasteiger partial charge < -0.3 is 10.0 Å². The van der Waals surface area contributed by atoms with Crippen molar-refractivity contribution >= 4 is 29.6 Å². The highest BCUT2D eigenvalue weighted by molar-refractivity contribution is 6.24. The number of rotatable bonds is 5. The second-order valence-electron chi connectivity index (χ2n) is 9.94. The van der Waals surface area contributed by atoms with Crippen LogP contribution in [0.4, 0.5) is 0 Å². The van der Waals surface area contributed by atoms with Gasteiger partial charge in [0.1, 0.15) is 6.04 Å². The Morgan fingerprint density at radius 3 is 2.31 bits per heavy atom. The van der Waals surface area contributed by atoms with Crippen LogP contribution in [0.2, 0.25) is 0 Å². The van der Waals surface area contributed by atoms with Crippen molar-refractivity contribution in [2.75, 3.05) is 26.2 Å². The summed E-state index contributed by atoms with van der Waals surface area (Å²) >= 11 is 0. The number of nitrogens with one attached hydrogen (secondary N) is 1. The molecular formula is C25H30N4O6. The van der Waals surface area contributed by atoms with Gasteiger partial charge in [-0.25, -0.2) is 0 Å². The summed E-state index contributed by atoms with van der Waals surface area (Å²) in [4.78, 5) is 67.1. The van der Waals surface area contributed by atoms with Gasteiger partial charge >= 0.3 is 5.97 Å². The lowest BCUT2D eigenvalue weighted by atomic mass is 9.93. The topological polar surface area (TPSA) is 127 Å². The maximum atomic E-state index is 13.3. The Morgan fingerprint density at radius 2 is 1.66 bits per heavy atom. The Kier molecular flexibility index (Phi) is 6.41. The average molecular weight is 483 g/mol. The molecule has 186 valence electrons. The number of carbonyl (C=O) groups excluding carboxylic acids is 4. The van der Waals surface area contributed by atoms with Crippen LogP contribution in [0.5, 0.6) is 0 Å². The fraction of sp³-hybridized carbons (Fsp3) is 0.560. The minimum atomic E-state index is -0.964. The molecular weight excluding hydrogens is 452 g/mol. The lowest BCUT2D eigenvalue weighted by Gasteiger charge is -2.41. The summed E-state index contributed by atoms with van der Waals surface area (Å²) in [5, 5.41) is 11.4. The molecule has 0 saturated carbocycles. The maximum Gasteiger partial charge on any atom is 0.306 e. The smallest absolute Gasteiger partial charge is 0.306 e. The van der Waals surface area contributed by atoms with E-state index < -0.39 is 35.6 Å². The van der Waals surface area contributed by atoms with E-state index >= 15 is 0 Å². The molecule has 10 nitrogen and oxygen atoms in total. The Bertz CT molecular complexity index is 1070. The summed E-state index contributed by atoms with van der Waals surface area (Å²) in [7, 11) is 0. The molecule has 35 heavy (non-hydrogen) atoms. The van der Waals surface area contributed by atoms with Crippen LogP contribution in [-0.2, 0) is 20.9 Å². The first-order chi connectivity index (χ1) is 16.8. The van der Waals surface area contributed by atoms with E-state index in [2.05, 4.69) is 15.1 Å². The Balaban J connectivity index is 1.23. The second kappa shape index (κ2) is 9.50. The highest BCUT2D eigenvalue weighted by Gasteiger charge is 2.45. The minimum Gasteiger partial charge on any atom is -0.481 e. The van der Waals surface area contributed by atoms with Crippen molar-refractivity contribution < 1.29 is 29.1 Å². The van der Waals surface area contributed by atoms with Crippen molar-refractivity contribution in [2.45, 2.75) is 57.2 Å². The molecule has 1 atom stereocenters. The van der Waals surface area contributed by atoms with Gasteiger partial charge in [-0.3, -0.25) is 39.1 Å². The van der Waals surface area contributed by atoms with Crippen molar-refractivity contribution in [2.24, 2.45) is 5.92 Å². The molecule has 0 aliphatic carbocycles. The summed E-state index contributed by atoms with van der Waals surface area (Å²) < 4.78 is 0. The highest BCUT2D eigenvalue weighted by Crippen LogP contribution is 2.31. The predicted octanol–water partition coefficient (Wildman–Crippen LogP) is 0.849. The van der Waals surface area contributed by atoms with Gasteiger partial charge in [0.2, 0.25) is 11.8 Å². The van der Waals surface area contributed by atoms with E-state index in [4.69, 9.17) is 0 Å². The lowest BCUT2D eigenvalue weighted by molar-refractivity contribution is -0.143. The number of carboxylic acid groups (broad SMARTS) is 1. The van der Waals surface area contributed by atoms with Crippen LogP contribution in [0.15, 0.2) is 18.2 Å². The van der Waals surface area contributed by atoms with Gasteiger partial charge in [0.15, 0.2) is 0 Å². The van der Waals surface area contributed by atoms with Crippen LogP contribution in [-0.4, -0.2) is 87.7 Å². The summed E-state index contributed by atoms with van der Waals surface area (Å²) in [6.07, 6.45) is 3.59. The number of likely N-dealkylation sites (tertiary alicyclic amines) is 2. The number of aliphatic carboxylic acids is 1. The quantitative estimate of drug-likeness (QED) is 0.592. The molecule has 3 fully saturated rings. The summed E-state index contributed by atoms with van der Waals surface area (Å²) in [6.45, 7) is 3.89. The van der Waals surface area contributed by atoms with Gasteiger partial charge in [0, 0.05) is 19.0 Å². The Morgan fingerprint density at radius 1 is 0.943 bits per heavy atom. The predicted molar refractivity (Wildman–Crippen MR) is 123 cm³/mol. The van der Waals surface area contributed by atoms with E-state index in [-0.39, 0.29) is 18.8 Å². The highest BCUT2D eigenvalue weighted by atomic mass is 16.4. The van der Waals surface area contributed by atoms with Gasteiger partial charge in [-0.15, -0.1) is 0 Å². The molecule has 4 heterocycles. The van der Waals surface area contributed by atoms with Crippen LogP contribution in [0.1, 0.15) is 64.8 Å². The van der Waals surface area contributed by atoms with Gasteiger partial charge in [0.25, 0.3) is 11.8 Å². The monoisotopic (exact) mass is 482 g/mol. The van der Waals surface area contributed by atoms with Gasteiger partial charge in [-0.1, -0.05) is 12.1 Å². The number of hydrogen-bond donors (Lipinski definition) is 2. The number of carboxylic acids is 1. The molecule has 0 aromatic heterocycles. The van der Waals surface area contributed by atoms with E-state index in [1.54, 1.807) is 12.1 Å². The molecule has 3 saturated heterocycles. The first kappa shape index (κ1) is 23.6. The fourth-order valence-electron chi connectivity index (χ4n) is 5.91. The van der Waals surface area contributed by atoms with Gasteiger partial charge in [0.05, 0.1) is 17.0 Å². The largest absolute Gasteiger partial charge is 0.481 e. The van der Waals surface area contributed by atoms with Crippen LogP contribution in [0.3, 0.4) is 0 Å². The number of hydrogen-bond acceptors (Lipinski definition) is 7. The molecule has 1 aromatic carbocycles. The number of nitrogens with zero attached hydrogens (tertiary/aromatic N) is 3. The van der Waals surface area contributed by atoms with E-state index in [1.807, 2.05) is 6.07 Å². The third-order valence-corrected chi connectivity index (χ3v) is 7.90. The molecule has 10 heteroatoms. The Labute approximate surface area is 203 Å². The molecule has 4 amide bonds. The van der Waals surface area contributed by atoms with Crippen molar-refractivity contribution in [3.63, 3.8) is 0 Å². The van der Waals surface area contributed by atoms with E-state index in [0.717, 1.165) is 49.5 Å². The number of benzene rings is 1.